The zero-order chi connectivity index (χ0) is 10.7. The molecule has 0 saturated heterocycles. The third-order valence-corrected chi connectivity index (χ3v) is 3.42. The SMILES string of the molecule is CNCC(Cc1ccc(Cl)cc1)C1CC1. The van der Waals surface area contributed by atoms with Crippen molar-refractivity contribution in [3.63, 3.8) is 0 Å². The third kappa shape index (κ3) is 3.22. The largest absolute Gasteiger partial charge is 0.319 e. The van der Waals surface area contributed by atoms with Crippen LogP contribution in [0.15, 0.2) is 24.3 Å². The highest BCUT2D eigenvalue weighted by Gasteiger charge is 2.30. The van der Waals surface area contributed by atoms with Crippen molar-refractivity contribution < 1.29 is 0 Å². The second-order valence-electron chi connectivity index (χ2n) is 4.49. The quantitative estimate of drug-likeness (QED) is 0.809. The summed E-state index contributed by atoms with van der Waals surface area (Å²) < 4.78 is 0. The minimum absolute atomic E-state index is 0.802. The summed E-state index contributed by atoms with van der Waals surface area (Å²) in [5.74, 6) is 1.75. The monoisotopic (exact) mass is 223 g/mol. The van der Waals surface area contributed by atoms with Crippen LogP contribution >= 0.6 is 11.6 Å². The molecule has 0 bridgehead atoms. The van der Waals surface area contributed by atoms with E-state index < -0.39 is 0 Å². The van der Waals surface area contributed by atoms with Crippen LogP contribution in [-0.4, -0.2) is 13.6 Å². The molecule has 1 N–H and O–H groups in total. The van der Waals surface area contributed by atoms with Gasteiger partial charge in [0.05, 0.1) is 0 Å². The van der Waals surface area contributed by atoms with E-state index in [1.807, 2.05) is 19.2 Å². The van der Waals surface area contributed by atoms with E-state index in [4.69, 9.17) is 11.6 Å². The standard InChI is InChI=1S/C13H18ClN/c1-15-9-12(11-4-5-11)8-10-2-6-13(14)7-3-10/h2-3,6-7,11-12,15H,4-5,8-9H2,1H3. The lowest BCUT2D eigenvalue weighted by atomic mass is 9.95. The Morgan fingerprint density at radius 1 is 1.33 bits per heavy atom. The van der Waals surface area contributed by atoms with Gasteiger partial charge in [-0.1, -0.05) is 23.7 Å². The molecular weight excluding hydrogens is 206 g/mol. The summed E-state index contributed by atoms with van der Waals surface area (Å²) in [6.45, 7) is 1.13. The van der Waals surface area contributed by atoms with E-state index in [1.54, 1.807) is 0 Å². The summed E-state index contributed by atoms with van der Waals surface area (Å²) in [6, 6.07) is 8.27. The maximum absolute atomic E-state index is 5.87. The summed E-state index contributed by atoms with van der Waals surface area (Å²) in [5, 5.41) is 4.12. The predicted octanol–water partition coefficient (Wildman–Crippen LogP) is 3.13. The first-order valence-corrected chi connectivity index (χ1v) is 6.06. The van der Waals surface area contributed by atoms with Crippen molar-refractivity contribution in [3.8, 4) is 0 Å². The van der Waals surface area contributed by atoms with Gasteiger partial charge in [0.2, 0.25) is 0 Å². The van der Waals surface area contributed by atoms with Crippen LogP contribution in [0.5, 0.6) is 0 Å². The molecule has 0 aromatic heterocycles. The van der Waals surface area contributed by atoms with Crippen LogP contribution in [-0.2, 0) is 6.42 Å². The Labute approximate surface area is 96.8 Å². The second-order valence-corrected chi connectivity index (χ2v) is 4.92. The minimum Gasteiger partial charge on any atom is -0.319 e. The van der Waals surface area contributed by atoms with Crippen LogP contribution in [0.2, 0.25) is 5.02 Å². The normalized spacial score (nSPS) is 17.7. The molecule has 2 rings (SSSR count). The predicted molar refractivity (Wildman–Crippen MR) is 65.3 cm³/mol. The molecule has 1 fully saturated rings. The van der Waals surface area contributed by atoms with Gasteiger partial charge in [0.1, 0.15) is 0 Å². The fraction of sp³-hybridized carbons (Fsp3) is 0.538. The van der Waals surface area contributed by atoms with Crippen molar-refractivity contribution in [2.75, 3.05) is 13.6 Å². The average molecular weight is 224 g/mol. The van der Waals surface area contributed by atoms with Gasteiger partial charge in [-0.15, -0.1) is 0 Å². The summed E-state index contributed by atoms with van der Waals surface area (Å²) in [6.07, 6.45) is 4.02. The molecule has 0 aliphatic heterocycles. The van der Waals surface area contributed by atoms with E-state index in [-0.39, 0.29) is 0 Å². The number of nitrogens with one attached hydrogen (secondary N) is 1. The molecule has 1 unspecified atom stereocenters. The molecule has 1 aliphatic rings. The fourth-order valence-electron chi connectivity index (χ4n) is 2.16. The first-order chi connectivity index (χ1) is 7.29. The number of rotatable bonds is 5. The Morgan fingerprint density at radius 3 is 2.53 bits per heavy atom. The van der Waals surface area contributed by atoms with Crippen LogP contribution in [0.3, 0.4) is 0 Å². The van der Waals surface area contributed by atoms with Gasteiger partial charge < -0.3 is 5.32 Å². The first-order valence-electron chi connectivity index (χ1n) is 5.68. The minimum atomic E-state index is 0.802. The van der Waals surface area contributed by atoms with Crippen LogP contribution in [0.4, 0.5) is 0 Å². The number of halogens is 1. The van der Waals surface area contributed by atoms with E-state index >= 15 is 0 Å². The highest BCUT2D eigenvalue weighted by molar-refractivity contribution is 6.30. The maximum atomic E-state index is 5.87. The van der Waals surface area contributed by atoms with Gasteiger partial charge >= 0.3 is 0 Å². The van der Waals surface area contributed by atoms with Gasteiger partial charge in [0, 0.05) is 5.02 Å². The molecule has 1 saturated carbocycles. The van der Waals surface area contributed by atoms with Gasteiger partial charge in [0.25, 0.3) is 0 Å². The fourth-order valence-corrected chi connectivity index (χ4v) is 2.28. The zero-order valence-electron chi connectivity index (χ0n) is 9.17. The lowest BCUT2D eigenvalue weighted by Gasteiger charge is -2.15. The molecule has 15 heavy (non-hydrogen) atoms. The molecule has 1 aromatic carbocycles. The molecule has 82 valence electrons. The molecular formula is C13H18ClN. The highest BCUT2D eigenvalue weighted by Crippen LogP contribution is 2.38. The van der Waals surface area contributed by atoms with E-state index in [2.05, 4.69) is 17.4 Å². The van der Waals surface area contributed by atoms with Gasteiger partial charge in [0.15, 0.2) is 0 Å². The van der Waals surface area contributed by atoms with Crippen molar-refractivity contribution >= 4 is 11.6 Å². The molecule has 1 aromatic rings. The topological polar surface area (TPSA) is 12.0 Å². The van der Waals surface area contributed by atoms with Crippen molar-refractivity contribution in [1.29, 1.82) is 0 Å². The Hall–Kier alpha value is -0.530. The lowest BCUT2D eigenvalue weighted by Crippen LogP contribution is -2.22. The van der Waals surface area contributed by atoms with Crippen molar-refractivity contribution in [2.45, 2.75) is 19.3 Å². The van der Waals surface area contributed by atoms with Gasteiger partial charge in [-0.3, -0.25) is 0 Å². The van der Waals surface area contributed by atoms with Crippen LogP contribution in [0.1, 0.15) is 18.4 Å². The Bertz CT molecular complexity index is 303. The van der Waals surface area contributed by atoms with E-state index in [1.165, 1.54) is 24.8 Å². The zero-order valence-corrected chi connectivity index (χ0v) is 9.93. The summed E-state index contributed by atoms with van der Waals surface area (Å²) >= 11 is 5.87. The van der Waals surface area contributed by atoms with Gasteiger partial charge in [-0.05, 0) is 62.4 Å². The molecule has 2 heteroatoms. The van der Waals surface area contributed by atoms with Gasteiger partial charge in [-0.25, -0.2) is 0 Å². The third-order valence-electron chi connectivity index (χ3n) is 3.17. The van der Waals surface area contributed by atoms with Crippen LogP contribution in [0.25, 0.3) is 0 Å². The van der Waals surface area contributed by atoms with Crippen molar-refractivity contribution in [1.82, 2.24) is 5.32 Å². The maximum Gasteiger partial charge on any atom is 0.0406 e. The van der Waals surface area contributed by atoms with Crippen molar-refractivity contribution in [3.05, 3.63) is 34.9 Å². The molecule has 1 nitrogen and oxygen atoms in total. The summed E-state index contributed by atoms with van der Waals surface area (Å²) in [5.41, 5.74) is 1.41. The van der Waals surface area contributed by atoms with E-state index in [9.17, 15) is 0 Å². The Morgan fingerprint density at radius 2 is 2.00 bits per heavy atom. The number of hydrogen-bond donors (Lipinski definition) is 1. The number of benzene rings is 1. The Balaban J connectivity index is 1.95. The number of hydrogen-bond acceptors (Lipinski definition) is 1. The summed E-state index contributed by atoms with van der Waals surface area (Å²) in [7, 11) is 2.04. The van der Waals surface area contributed by atoms with E-state index in [0.717, 1.165) is 23.4 Å². The highest BCUT2D eigenvalue weighted by atomic mass is 35.5. The molecule has 0 spiro atoms. The molecule has 0 heterocycles. The van der Waals surface area contributed by atoms with Gasteiger partial charge in [-0.2, -0.15) is 0 Å². The smallest absolute Gasteiger partial charge is 0.0406 e. The average Bonchev–Trinajstić information content (AvgIpc) is 3.04. The second kappa shape index (κ2) is 5.00. The molecule has 0 radical (unpaired) electrons. The molecule has 1 aliphatic carbocycles. The molecule has 0 amide bonds. The van der Waals surface area contributed by atoms with E-state index in [0.29, 0.717) is 0 Å². The van der Waals surface area contributed by atoms with Crippen molar-refractivity contribution in [2.24, 2.45) is 11.8 Å². The van der Waals surface area contributed by atoms with Crippen LogP contribution in [0, 0.1) is 11.8 Å². The summed E-state index contributed by atoms with van der Waals surface area (Å²) in [4.78, 5) is 0. The lowest BCUT2D eigenvalue weighted by molar-refractivity contribution is 0.440. The first kappa shape index (κ1) is 11.0. The molecule has 1 atom stereocenters. The van der Waals surface area contributed by atoms with Crippen LogP contribution < -0.4 is 5.32 Å². The Kier molecular flexibility index (Phi) is 3.66.